The van der Waals surface area contributed by atoms with Crippen molar-refractivity contribution in [1.29, 1.82) is 0 Å². The van der Waals surface area contributed by atoms with Crippen LogP contribution in [0.5, 0.6) is 0 Å². The standard InChI is InChI=1S/C18H24N4O2/c1-2-6-16-20-17(24-21-16)13-22-11-9-14(10-12-22)18(23)19-15-7-4-3-5-8-15/h3-5,7-8,14H,2,6,9-13H2,1H3,(H,19,23). The topological polar surface area (TPSA) is 71.3 Å². The van der Waals surface area contributed by atoms with Gasteiger partial charge >= 0.3 is 0 Å². The number of aromatic nitrogens is 2. The molecule has 1 N–H and O–H groups in total. The van der Waals surface area contributed by atoms with E-state index >= 15 is 0 Å². The summed E-state index contributed by atoms with van der Waals surface area (Å²) in [4.78, 5) is 19.0. The number of anilines is 1. The monoisotopic (exact) mass is 328 g/mol. The van der Waals surface area contributed by atoms with Crippen LogP contribution < -0.4 is 5.32 Å². The molecule has 2 heterocycles. The highest BCUT2D eigenvalue weighted by atomic mass is 16.5. The quantitative estimate of drug-likeness (QED) is 0.883. The smallest absolute Gasteiger partial charge is 0.240 e. The van der Waals surface area contributed by atoms with Crippen molar-refractivity contribution >= 4 is 11.6 Å². The van der Waals surface area contributed by atoms with E-state index in [2.05, 4.69) is 27.3 Å². The number of carbonyl (C=O) groups excluding carboxylic acids is 1. The third-order valence-electron chi connectivity index (χ3n) is 4.34. The van der Waals surface area contributed by atoms with Gasteiger partial charge in [-0.2, -0.15) is 4.98 Å². The summed E-state index contributed by atoms with van der Waals surface area (Å²) in [5, 5.41) is 6.98. The van der Waals surface area contributed by atoms with E-state index < -0.39 is 0 Å². The van der Waals surface area contributed by atoms with Gasteiger partial charge in [0.25, 0.3) is 0 Å². The average Bonchev–Trinajstić information content (AvgIpc) is 3.04. The fraction of sp³-hybridized carbons (Fsp3) is 0.500. The fourth-order valence-corrected chi connectivity index (χ4v) is 2.99. The molecule has 3 rings (SSSR count). The number of rotatable bonds is 6. The maximum absolute atomic E-state index is 12.3. The third kappa shape index (κ3) is 4.41. The number of carbonyl (C=O) groups is 1. The van der Waals surface area contributed by atoms with Crippen molar-refractivity contribution in [3.05, 3.63) is 42.0 Å². The average molecular weight is 328 g/mol. The highest BCUT2D eigenvalue weighted by Crippen LogP contribution is 2.20. The molecule has 0 spiro atoms. The molecule has 1 aliphatic rings. The van der Waals surface area contributed by atoms with Gasteiger partial charge in [-0.3, -0.25) is 9.69 Å². The molecule has 1 aliphatic heterocycles. The summed E-state index contributed by atoms with van der Waals surface area (Å²) < 4.78 is 5.29. The van der Waals surface area contributed by atoms with E-state index in [1.807, 2.05) is 30.3 Å². The van der Waals surface area contributed by atoms with E-state index in [-0.39, 0.29) is 11.8 Å². The second kappa shape index (κ2) is 8.06. The summed E-state index contributed by atoms with van der Waals surface area (Å²) in [6.45, 7) is 4.52. The predicted octanol–water partition coefficient (Wildman–Crippen LogP) is 2.87. The lowest BCUT2D eigenvalue weighted by atomic mass is 9.96. The second-order valence-electron chi connectivity index (χ2n) is 6.26. The molecule has 1 saturated heterocycles. The molecule has 1 fully saturated rings. The van der Waals surface area contributed by atoms with E-state index in [9.17, 15) is 4.79 Å². The first-order chi connectivity index (χ1) is 11.7. The van der Waals surface area contributed by atoms with Crippen molar-refractivity contribution in [3.8, 4) is 0 Å². The maximum atomic E-state index is 12.3. The molecule has 0 radical (unpaired) electrons. The molecule has 128 valence electrons. The van der Waals surface area contributed by atoms with Crippen LogP contribution in [0.1, 0.15) is 37.9 Å². The summed E-state index contributed by atoms with van der Waals surface area (Å²) in [6.07, 6.45) is 3.58. The molecule has 1 aromatic carbocycles. The lowest BCUT2D eigenvalue weighted by Crippen LogP contribution is -2.37. The van der Waals surface area contributed by atoms with Crippen molar-refractivity contribution in [2.45, 2.75) is 39.2 Å². The number of likely N-dealkylation sites (tertiary alicyclic amines) is 1. The summed E-state index contributed by atoms with van der Waals surface area (Å²) in [6, 6.07) is 9.62. The Balaban J connectivity index is 1.45. The fourth-order valence-electron chi connectivity index (χ4n) is 2.99. The summed E-state index contributed by atoms with van der Waals surface area (Å²) in [5.41, 5.74) is 0.860. The Bertz CT molecular complexity index is 648. The molecule has 0 bridgehead atoms. The molecule has 1 amide bonds. The van der Waals surface area contributed by atoms with Crippen LogP contribution in [0, 0.1) is 5.92 Å². The van der Waals surface area contributed by atoms with Gasteiger partial charge in [-0.05, 0) is 44.5 Å². The molecule has 0 atom stereocenters. The summed E-state index contributed by atoms with van der Waals surface area (Å²) in [7, 11) is 0. The number of benzene rings is 1. The first-order valence-electron chi connectivity index (χ1n) is 8.64. The van der Waals surface area contributed by atoms with E-state index in [0.29, 0.717) is 12.4 Å². The predicted molar refractivity (Wildman–Crippen MR) is 91.4 cm³/mol. The van der Waals surface area contributed by atoms with Crippen LogP contribution in [-0.4, -0.2) is 34.0 Å². The van der Waals surface area contributed by atoms with Crippen LogP contribution in [0.4, 0.5) is 5.69 Å². The zero-order valence-electron chi connectivity index (χ0n) is 14.1. The summed E-state index contributed by atoms with van der Waals surface area (Å²) >= 11 is 0. The molecule has 1 aromatic heterocycles. The normalized spacial score (nSPS) is 16.2. The zero-order chi connectivity index (χ0) is 16.8. The van der Waals surface area contributed by atoms with Crippen molar-refractivity contribution in [2.24, 2.45) is 5.92 Å². The second-order valence-corrected chi connectivity index (χ2v) is 6.26. The highest BCUT2D eigenvalue weighted by molar-refractivity contribution is 5.92. The van der Waals surface area contributed by atoms with Gasteiger partial charge in [-0.25, -0.2) is 0 Å². The third-order valence-corrected chi connectivity index (χ3v) is 4.34. The van der Waals surface area contributed by atoms with Gasteiger partial charge in [-0.1, -0.05) is 30.3 Å². The number of nitrogens with zero attached hydrogens (tertiary/aromatic N) is 3. The van der Waals surface area contributed by atoms with Crippen molar-refractivity contribution in [2.75, 3.05) is 18.4 Å². The van der Waals surface area contributed by atoms with Gasteiger partial charge in [0.15, 0.2) is 5.82 Å². The Morgan fingerprint density at radius 3 is 2.75 bits per heavy atom. The maximum Gasteiger partial charge on any atom is 0.240 e. The van der Waals surface area contributed by atoms with Gasteiger partial charge in [0.05, 0.1) is 6.54 Å². The number of amides is 1. The minimum atomic E-state index is 0.0693. The number of piperidine rings is 1. The number of nitrogens with one attached hydrogen (secondary N) is 1. The highest BCUT2D eigenvalue weighted by Gasteiger charge is 2.26. The van der Waals surface area contributed by atoms with Crippen LogP contribution in [0.3, 0.4) is 0 Å². The Morgan fingerprint density at radius 2 is 2.04 bits per heavy atom. The molecule has 6 heteroatoms. The Labute approximate surface area is 142 Å². The van der Waals surface area contributed by atoms with Gasteiger partial charge in [0.2, 0.25) is 11.8 Å². The number of hydrogen-bond donors (Lipinski definition) is 1. The Hall–Kier alpha value is -2.21. The zero-order valence-corrected chi connectivity index (χ0v) is 14.1. The number of para-hydroxylation sites is 1. The lowest BCUT2D eigenvalue weighted by Gasteiger charge is -2.30. The minimum absolute atomic E-state index is 0.0693. The van der Waals surface area contributed by atoms with Gasteiger partial charge in [0, 0.05) is 18.0 Å². The van der Waals surface area contributed by atoms with Gasteiger partial charge < -0.3 is 9.84 Å². The first-order valence-corrected chi connectivity index (χ1v) is 8.64. The minimum Gasteiger partial charge on any atom is -0.338 e. The molecular weight excluding hydrogens is 304 g/mol. The van der Waals surface area contributed by atoms with E-state index in [1.165, 1.54) is 0 Å². The van der Waals surface area contributed by atoms with Gasteiger partial charge in [0.1, 0.15) is 0 Å². The Morgan fingerprint density at radius 1 is 1.29 bits per heavy atom. The molecule has 0 unspecified atom stereocenters. The number of hydrogen-bond acceptors (Lipinski definition) is 5. The van der Waals surface area contributed by atoms with Crippen LogP contribution in [0.25, 0.3) is 0 Å². The Kier molecular flexibility index (Phi) is 5.59. The van der Waals surface area contributed by atoms with Crippen LogP contribution in [0.2, 0.25) is 0 Å². The molecular formula is C18H24N4O2. The van der Waals surface area contributed by atoms with Gasteiger partial charge in [-0.15, -0.1) is 0 Å². The molecule has 24 heavy (non-hydrogen) atoms. The molecule has 0 saturated carbocycles. The van der Waals surface area contributed by atoms with Crippen LogP contribution in [0.15, 0.2) is 34.9 Å². The van der Waals surface area contributed by atoms with Crippen molar-refractivity contribution < 1.29 is 9.32 Å². The van der Waals surface area contributed by atoms with Crippen LogP contribution >= 0.6 is 0 Å². The lowest BCUT2D eigenvalue weighted by molar-refractivity contribution is -0.121. The summed E-state index contributed by atoms with van der Waals surface area (Å²) in [5.74, 6) is 1.64. The first kappa shape index (κ1) is 16.6. The largest absolute Gasteiger partial charge is 0.338 e. The molecule has 6 nitrogen and oxygen atoms in total. The number of aryl methyl sites for hydroxylation is 1. The molecule has 0 aliphatic carbocycles. The van der Waals surface area contributed by atoms with Crippen molar-refractivity contribution in [3.63, 3.8) is 0 Å². The molecule has 2 aromatic rings. The SMILES string of the molecule is CCCc1noc(CN2CCC(C(=O)Nc3ccccc3)CC2)n1. The van der Waals surface area contributed by atoms with E-state index in [1.54, 1.807) is 0 Å². The van der Waals surface area contributed by atoms with E-state index in [0.717, 1.165) is 50.3 Å². The van der Waals surface area contributed by atoms with E-state index in [4.69, 9.17) is 4.52 Å². The van der Waals surface area contributed by atoms with Crippen molar-refractivity contribution in [1.82, 2.24) is 15.0 Å². The van der Waals surface area contributed by atoms with Crippen LogP contribution in [-0.2, 0) is 17.8 Å².